The maximum Gasteiger partial charge on any atom is 0.306 e. The molecular weight excluding hydrogens is 216 g/mol. The van der Waals surface area contributed by atoms with Crippen LogP contribution in [0.3, 0.4) is 0 Å². The molecule has 0 aliphatic rings. The minimum atomic E-state index is -0.124. The van der Waals surface area contributed by atoms with E-state index in [0.717, 1.165) is 19.3 Å². The van der Waals surface area contributed by atoms with Crippen LogP contribution in [0.25, 0.3) is 0 Å². The fourth-order valence-corrected chi connectivity index (χ4v) is 1.66. The minimum absolute atomic E-state index is 0.124. The second-order valence-corrected chi connectivity index (χ2v) is 5.02. The van der Waals surface area contributed by atoms with Crippen molar-refractivity contribution in [2.24, 2.45) is 11.8 Å². The molecule has 1 atom stereocenters. The third-order valence-electron chi connectivity index (χ3n) is 3.00. The predicted molar refractivity (Wildman–Crippen MR) is 68.7 cm³/mol. The number of hydrogen-bond acceptors (Lipinski definition) is 3. The summed E-state index contributed by atoms with van der Waals surface area (Å²) in [5.41, 5.74) is 0. The van der Waals surface area contributed by atoms with Gasteiger partial charge in [-0.3, -0.25) is 4.79 Å². The first-order valence-corrected chi connectivity index (χ1v) is 6.62. The van der Waals surface area contributed by atoms with Gasteiger partial charge in [-0.25, -0.2) is 0 Å². The molecule has 0 aromatic heterocycles. The molecule has 0 aliphatic carbocycles. The Hall–Kier alpha value is -0.860. The van der Waals surface area contributed by atoms with Crippen LogP contribution in [-0.2, 0) is 14.3 Å². The van der Waals surface area contributed by atoms with E-state index in [2.05, 4.69) is 20.8 Å². The molecule has 0 fully saturated rings. The lowest BCUT2D eigenvalue weighted by Gasteiger charge is -2.19. The number of hydrogen-bond donors (Lipinski definition) is 0. The Balaban J connectivity index is 3.97. The zero-order valence-electron chi connectivity index (χ0n) is 11.6. The Labute approximate surface area is 105 Å². The van der Waals surface area contributed by atoms with E-state index in [1.807, 2.05) is 0 Å². The van der Waals surface area contributed by atoms with Crippen molar-refractivity contribution in [3.05, 3.63) is 0 Å². The van der Waals surface area contributed by atoms with Gasteiger partial charge in [0.2, 0.25) is 0 Å². The number of unbranched alkanes of at least 4 members (excludes halogenated alkanes) is 1. The van der Waals surface area contributed by atoms with Crippen molar-refractivity contribution in [3.8, 4) is 0 Å². The Morgan fingerprint density at radius 2 is 1.88 bits per heavy atom. The number of rotatable bonds is 9. The summed E-state index contributed by atoms with van der Waals surface area (Å²) in [4.78, 5) is 22.5. The summed E-state index contributed by atoms with van der Waals surface area (Å²) >= 11 is 0. The Morgan fingerprint density at radius 3 is 2.35 bits per heavy atom. The van der Waals surface area contributed by atoms with Crippen LogP contribution in [0.15, 0.2) is 0 Å². The van der Waals surface area contributed by atoms with Gasteiger partial charge in [0.1, 0.15) is 5.78 Å². The fraction of sp³-hybridized carbons (Fsp3) is 0.857. The second-order valence-electron chi connectivity index (χ2n) is 5.02. The first kappa shape index (κ1) is 16.1. The minimum Gasteiger partial charge on any atom is -0.466 e. The molecule has 0 aromatic rings. The second kappa shape index (κ2) is 9.20. The van der Waals surface area contributed by atoms with E-state index in [-0.39, 0.29) is 17.7 Å². The molecular formula is C14H26O3. The molecule has 0 radical (unpaired) electrons. The van der Waals surface area contributed by atoms with Crippen molar-refractivity contribution in [2.45, 2.75) is 59.8 Å². The molecule has 0 saturated heterocycles. The maximum atomic E-state index is 11.6. The normalized spacial score (nSPS) is 12.5. The third kappa shape index (κ3) is 8.90. The van der Waals surface area contributed by atoms with Crippen molar-refractivity contribution in [2.75, 3.05) is 6.61 Å². The highest BCUT2D eigenvalue weighted by Gasteiger charge is 2.18. The van der Waals surface area contributed by atoms with E-state index in [1.165, 1.54) is 0 Å². The molecule has 0 heterocycles. The molecule has 0 spiro atoms. The van der Waals surface area contributed by atoms with Crippen molar-refractivity contribution < 1.29 is 14.3 Å². The number of carbonyl (C=O) groups is 2. The summed E-state index contributed by atoms with van der Waals surface area (Å²) in [5.74, 6) is 0.733. The highest BCUT2D eigenvalue weighted by molar-refractivity contribution is 5.75. The van der Waals surface area contributed by atoms with Crippen LogP contribution >= 0.6 is 0 Å². The van der Waals surface area contributed by atoms with Crippen LogP contribution in [0, 0.1) is 11.8 Å². The molecule has 0 saturated carbocycles. The van der Waals surface area contributed by atoms with E-state index in [0.29, 0.717) is 25.4 Å². The molecule has 3 nitrogen and oxygen atoms in total. The van der Waals surface area contributed by atoms with Gasteiger partial charge in [-0.2, -0.15) is 0 Å². The summed E-state index contributed by atoms with van der Waals surface area (Å²) in [6.45, 7) is 8.36. The van der Waals surface area contributed by atoms with Gasteiger partial charge in [0.25, 0.3) is 0 Å². The van der Waals surface area contributed by atoms with Crippen molar-refractivity contribution >= 4 is 11.8 Å². The average molecular weight is 242 g/mol. The number of ketones is 1. The molecule has 0 aliphatic heterocycles. The van der Waals surface area contributed by atoms with Crippen LogP contribution in [0.5, 0.6) is 0 Å². The van der Waals surface area contributed by atoms with Crippen molar-refractivity contribution in [3.63, 3.8) is 0 Å². The molecule has 0 amide bonds. The molecule has 0 bridgehead atoms. The zero-order valence-corrected chi connectivity index (χ0v) is 11.6. The third-order valence-corrected chi connectivity index (χ3v) is 3.00. The van der Waals surface area contributed by atoms with Crippen LogP contribution in [-0.4, -0.2) is 18.4 Å². The standard InChI is InChI=1S/C14H26O3/c1-5-6-9-17-14(16)10-13(11(2)3)8-7-12(4)15/h11,13H,5-10H2,1-4H3. The van der Waals surface area contributed by atoms with Crippen molar-refractivity contribution in [1.82, 2.24) is 0 Å². The number of esters is 1. The largest absolute Gasteiger partial charge is 0.466 e. The van der Waals surface area contributed by atoms with Gasteiger partial charge >= 0.3 is 5.97 Å². The van der Waals surface area contributed by atoms with Gasteiger partial charge in [-0.15, -0.1) is 0 Å². The van der Waals surface area contributed by atoms with Crippen LogP contribution in [0.4, 0.5) is 0 Å². The van der Waals surface area contributed by atoms with E-state index < -0.39 is 0 Å². The molecule has 0 N–H and O–H groups in total. The summed E-state index contributed by atoms with van der Waals surface area (Å²) in [6.07, 6.45) is 3.74. The summed E-state index contributed by atoms with van der Waals surface area (Å²) in [5, 5.41) is 0. The van der Waals surface area contributed by atoms with Gasteiger partial charge in [0.05, 0.1) is 6.61 Å². The first-order valence-electron chi connectivity index (χ1n) is 6.62. The van der Waals surface area contributed by atoms with E-state index in [4.69, 9.17) is 4.74 Å². The molecule has 1 unspecified atom stereocenters. The summed E-state index contributed by atoms with van der Waals surface area (Å²) < 4.78 is 5.15. The average Bonchev–Trinajstić information content (AvgIpc) is 2.23. The molecule has 0 rings (SSSR count). The van der Waals surface area contributed by atoms with E-state index >= 15 is 0 Å². The zero-order chi connectivity index (χ0) is 13.3. The monoisotopic (exact) mass is 242 g/mol. The Bertz CT molecular complexity index is 234. The van der Waals surface area contributed by atoms with E-state index in [9.17, 15) is 9.59 Å². The molecule has 0 aromatic carbocycles. The van der Waals surface area contributed by atoms with Crippen molar-refractivity contribution in [1.29, 1.82) is 0 Å². The SMILES string of the molecule is CCCCOC(=O)CC(CCC(C)=O)C(C)C. The van der Waals surface area contributed by atoms with Gasteiger partial charge in [0, 0.05) is 12.8 Å². The lowest BCUT2D eigenvalue weighted by Crippen LogP contribution is -2.17. The van der Waals surface area contributed by atoms with Gasteiger partial charge in [0.15, 0.2) is 0 Å². The molecule has 17 heavy (non-hydrogen) atoms. The lowest BCUT2D eigenvalue weighted by atomic mass is 9.88. The highest BCUT2D eigenvalue weighted by Crippen LogP contribution is 2.21. The van der Waals surface area contributed by atoms with Crippen LogP contribution in [0.1, 0.15) is 59.8 Å². The van der Waals surface area contributed by atoms with E-state index in [1.54, 1.807) is 6.92 Å². The first-order chi connectivity index (χ1) is 7.97. The summed E-state index contributed by atoms with van der Waals surface area (Å²) in [7, 11) is 0. The fourth-order valence-electron chi connectivity index (χ4n) is 1.66. The number of ether oxygens (including phenoxy) is 1. The van der Waals surface area contributed by atoms with Gasteiger partial charge < -0.3 is 9.53 Å². The van der Waals surface area contributed by atoms with Crippen LogP contribution < -0.4 is 0 Å². The quantitative estimate of drug-likeness (QED) is 0.460. The van der Waals surface area contributed by atoms with Gasteiger partial charge in [-0.05, 0) is 31.6 Å². The van der Waals surface area contributed by atoms with Gasteiger partial charge in [-0.1, -0.05) is 27.2 Å². The Morgan fingerprint density at radius 1 is 1.24 bits per heavy atom. The topological polar surface area (TPSA) is 43.4 Å². The molecule has 3 heteroatoms. The smallest absolute Gasteiger partial charge is 0.306 e. The Kier molecular flexibility index (Phi) is 8.73. The predicted octanol–water partition coefficient (Wildman–Crippen LogP) is 3.36. The van der Waals surface area contributed by atoms with Crippen LogP contribution in [0.2, 0.25) is 0 Å². The maximum absolute atomic E-state index is 11.6. The number of Topliss-reactive ketones (excluding diaryl/α,β-unsaturated/α-hetero) is 1. The highest BCUT2D eigenvalue weighted by atomic mass is 16.5. The number of carbonyl (C=O) groups excluding carboxylic acids is 2. The molecule has 100 valence electrons. The summed E-state index contributed by atoms with van der Waals surface area (Å²) in [6, 6.07) is 0. The lowest BCUT2D eigenvalue weighted by molar-refractivity contribution is -0.145.